The summed E-state index contributed by atoms with van der Waals surface area (Å²) >= 11 is 2.94. The first-order chi connectivity index (χ1) is 9.86. The number of hydrogen-bond donors (Lipinski definition) is 1. The molecule has 1 aromatic carbocycles. The van der Waals surface area contributed by atoms with Gasteiger partial charge in [0.15, 0.2) is 0 Å². The normalized spacial score (nSPS) is 18.0. The van der Waals surface area contributed by atoms with Crippen LogP contribution in [-0.4, -0.2) is 56.1 Å². The topological polar surface area (TPSA) is 18.5 Å². The summed E-state index contributed by atoms with van der Waals surface area (Å²) in [6.07, 6.45) is -4.34. The lowest BCUT2D eigenvalue weighted by molar-refractivity contribution is -0.138. The number of halogens is 4. The number of rotatable bonds is 4. The van der Waals surface area contributed by atoms with Crippen LogP contribution in [0.5, 0.6) is 0 Å². The van der Waals surface area contributed by atoms with Gasteiger partial charge in [-0.25, -0.2) is 0 Å². The lowest BCUT2D eigenvalue weighted by Gasteiger charge is -2.32. The van der Waals surface area contributed by atoms with Gasteiger partial charge in [-0.3, -0.25) is 4.90 Å². The van der Waals surface area contributed by atoms with Gasteiger partial charge < -0.3 is 10.2 Å². The summed E-state index contributed by atoms with van der Waals surface area (Å²) in [5.74, 6) is 0. The van der Waals surface area contributed by atoms with Crippen LogP contribution in [0.4, 0.5) is 18.9 Å². The van der Waals surface area contributed by atoms with Gasteiger partial charge in [-0.1, -0.05) is 15.9 Å². The number of alkyl halides is 3. The predicted octanol–water partition coefficient (Wildman–Crippen LogP) is 3.13. The molecule has 7 heteroatoms. The first kappa shape index (κ1) is 16.6. The van der Waals surface area contributed by atoms with Gasteiger partial charge in [0, 0.05) is 49.4 Å². The van der Waals surface area contributed by atoms with Crippen molar-refractivity contribution in [3.63, 3.8) is 0 Å². The third kappa shape index (κ3) is 4.86. The molecule has 1 N–H and O–H groups in total. The fraction of sp³-hybridized carbons (Fsp3) is 0.571. The van der Waals surface area contributed by atoms with Crippen LogP contribution in [0.1, 0.15) is 5.56 Å². The summed E-state index contributed by atoms with van der Waals surface area (Å²) in [6, 6.07) is 4.23. The van der Waals surface area contributed by atoms with Crippen LogP contribution in [0.2, 0.25) is 0 Å². The molecule has 0 spiro atoms. The first-order valence-electron chi connectivity index (χ1n) is 6.88. The van der Waals surface area contributed by atoms with Crippen LogP contribution in [0.15, 0.2) is 22.7 Å². The van der Waals surface area contributed by atoms with Crippen LogP contribution < -0.4 is 5.32 Å². The zero-order valence-electron chi connectivity index (χ0n) is 11.9. The molecule has 1 saturated heterocycles. The lowest BCUT2D eigenvalue weighted by atomic mass is 10.2. The van der Waals surface area contributed by atoms with Crippen molar-refractivity contribution in [3.05, 3.63) is 28.2 Å². The van der Waals surface area contributed by atoms with E-state index in [2.05, 4.69) is 38.1 Å². The average molecular weight is 366 g/mol. The maximum absolute atomic E-state index is 12.8. The summed E-state index contributed by atoms with van der Waals surface area (Å²) < 4.78 is 38.5. The molecule has 2 rings (SSSR count). The SMILES string of the molecule is CN1CCN(CCNc2ccc(Br)c(C(F)(F)F)c2)CC1. The Morgan fingerprint density at radius 2 is 1.86 bits per heavy atom. The minimum atomic E-state index is -4.34. The minimum absolute atomic E-state index is 0.0691. The Morgan fingerprint density at radius 1 is 1.19 bits per heavy atom. The van der Waals surface area contributed by atoms with E-state index in [0.29, 0.717) is 12.2 Å². The zero-order valence-corrected chi connectivity index (χ0v) is 13.5. The largest absolute Gasteiger partial charge is 0.417 e. The Balaban J connectivity index is 1.86. The Labute approximate surface area is 131 Å². The molecule has 0 unspecified atom stereocenters. The van der Waals surface area contributed by atoms with Gasteiger partial charge in [-0.05, 0) is 25.2 Å². The van der Waals surface area contributed by atoms with Crippen LogP contribution in [0.3, 0.4) is 0 Å². The van der Waals surface area contributed by atoms with Crippen LogP contribution >= 0.6 is 15.9 Å². The number of hydrogen-bond acceptors (Lipinski definition) is 3. The monoisotopic (exact) mass is 365 g/mol. The number of anilines is 1. The van der Waals surface area contributed by atoms with E-state index in [1.54, 1.807) is 6.07 Å². The maximum Gasteiger partial charge on any atom is 0.417 e. The Hall–Kier alpha value is -0.790. The van der Waals surface area contributed by atoms with Gasteiger partial charge in [-0.15, -0.1) is 0 Å². The highest BCUT2D eigenvalue weighted by Crippen LogP contribution is 2.36. The third-order valence-electron chi connectivity index (χ3n) is 3.62. The maximum atomic E-state index is 12.8. The summed E-state index contributed by atoms with van der Waals surface area (Å²) in [6.45, 7) is 5.57. The average Bonchev–Trinajstić information content (AvgIpc) is 2.41. The van der Waals surface area contributed by atoms with Crippen LogP contribution in [0, 0.1) is 0 Å². The van der Waals surface area contributed by atoms with E-state index in [-0.39, 0.29) is 4.47 Å². The number of benzene rings is 1. The standard InChI is InChI=1S/C14H19BrF3N3/c1-20-6-8-21(9-7-20)5-4-19-11-2-3-13(15)12(10-11)14(16,17)18/h2-3,10,19H,4-9H2,1H3. The molecule has 0 saturated carbocycles. The molecule has 1 aliphatic heterocycles. The van der Waals surface area contributed by atoms with Crippen molar-refractivity contribution >= 4 is 21.6 Å². The van der Waals surface area contributed by atoms with Gasteiger partial charge in [0.1, 0.15) is 0 Å². The van der Waals surface area contributed by atoms with Crippen molar-refractivity contribution in [2.24, 2.45) is 0 Å². The van der Waals surface area contributed by atoms with Gasteiger partial charge in [-0.2, -0.15) is 13.2 Å². The second kappa shape index (κ2) is 6.98. The number of likely N-dealkylation sites (N-methyl/N-ethyl adjacent to an activating group) is 1. The lowest BCUT2D eigenvalue weighted by Crippen LogP contribution is -2.45. The van der Waals surface area contributed by atoms with E-state index in [0.717, 1.165) is 38.8 Å². The van der Waals surface area contributed by atoms with E-state index in [4.69, 9.17) is 0 Å². The molecule has 0 amide bonds. The highest BCUT2D eigenvalue weighted by Gasteiger charge is 2.33. The summed E-state index contributed by atoms with van der Waals surface area (Å²) in [4.78, 5) is 4.59. The molecule has 0 atom stereocenters. The molecule has 0 bridgehead atoms. The Bertz CT molecular complexity index is 471. The molecule has 1 heterocycles. The fourth-order valence-corrected chi connectivity index (χ4v) is 2.75. The van der Waals surface area contributed by atoms with Crippen LogP contribution in [0.25, 0.3) is 0 Å². The van der Waals surface area contributed by atoms with Crippen molar-refractivity contribution in [1.82, 2.24) is 9.80 Å². The smallest absolute Gasteiger partial charge is 0.384 e. The summed E-state index contributed by atoms with van der Waals surface area (Å²) in [7, 11) is 2.09. The van der Waals surface area contributed by atoms with Crippen molar-refractivity contribution in [3.8, 4) is 0 Å². The zero-order chi connectivity index (χ0) is 15.5. The summed E-state index contributed by atoms with van der Waals surface area (Å²) in [5.41, 5.74) is -0.147. The molecule has 1 fully saturated rings. The van der Waals surface area contributed by atoms with Gasteiger partial charge in [0.2, 0.25) is 0 Å². The van der Waals surface area contributed by atoms with Crippen molar-refractivity contribution in [2.75, 3.05) is 51.6 Å². The molecule has 118 valence electrons. The van der Waals surface area contributed by atoms with Gasteiger partial charge in [0.25, 0.3) is 0 Å². The fourth-order valence-electron chi connectivity index (χ4n) is 2.28. The highest BCUT2D eigenvalue weighted by molar-refractivity contribution is 9.10. The van der Waals surface area contributed by atoms with E-state index in [9.17, 15) is 13.2 Å². The number of nitrogens with one attached hydrogen (secondary N) is 1. The number of piperazine rings is 1. The number of nitrogens with zero attached hydrogens (tertiary/aromatic N) is 2. The quantitative estimate of drug-likeness (QED) is 0.884. The minimum Gasteiger partial charge on any atom is -0.384 e. The van der Waals surface area contributed by atoms with E-state index >= 15 is 0 Å². The van der Waals surface area contributed by atoms with E-state index in [1.165, 1.54) is 6.07 Å². The molecular weight excluding hydrogens is 347 g/mol. The Morgan fingerprint density at radius 3 is 2.48 bits per heavy atom. The molecular formula is C14H19BrF3N3. The van der Waals surface area contributed by atoms with Crippen molar-refractivity contribution in [2.45, 2.75) is 6.18 Å². The second-order valence-corrected chi connectivity index (χ2v) is 6.12. The van der Waals surface area contributed by atoms with Gasteiger partial charge in [0.05, 0.1) is 5.56 Å². The summed E-state index contributed by atoms with van der Waals surface area (Å²) in [5, 5.41) is 3.07. The molecule has 21 heavy (non-hydrogen) atoms. The second-order valence-electron chi connectivity index (χ2n) is 5.26. The molecule has 0 aliphatic carbocycles. The third-order valence-corrected chi connectivity index (χ3v) is 4.32. The van der Waals surface area contributed by atoms with Crippen molar-refractivity contribution in [1.29, 1.82) is 0 Å². The van der Waals surface area contributed by atoms with Crippen molar-refractivity contribution < 1.29 is 13.2 Å². The molecule has 3 nitrogen and oxygen atoms in total. The Kier molecular flexibility index (Phi) is 5.51. The van der Waals surface area contributed by atoms with Gasteiger partial charge >= 0.3 is 6.18 Å². The highest BCUT2D eigenvalue weighted by atomic mass is 79.9. The molecule has 1 aliphatic rings. The molecule has 1 aromatic rings. The molecule has 0 radical (unpaired) electrons. The molecule has 0 aromatic heterocycles. The van der Waals surface area contributed by atoms with Crippen LogP contribution in [-0.2, 0) is 6.18 Å². The first-order valence-corrected chi connectivity index (χ1v) is 7.67. The predicted molar refractivity (Wildman–Crippen MR) is 81.6 cm³/mol. The van der Waals surface area contributed by atoms with E-state index in [1.807, 2.05) is 0 Å². The van der Waals surface area contributed by atoms with E-state index < -0.39 is 11.7 Å².